The third-order valence-electron chi connectivity index (χ3n) is 6.23. The highest BCUT2D eigenvalue weighted by atomic mass is 15.1. The van der Waals surface area contributed by atoms with E-state index in [1.165, 1.54) is 97.4 Å². The van der Waals surface area contributed by atoms with Crippen molar-refractivity contribution in [1.82, 2.24) is 14.7 Å². The van der Waals surface area contributed by atoms with Gasteiger partial charge in [0.15, 0.2) is 0 Å². The molecule has 0 saturated heterocycles. The van der Waals surface area contributed by atoms with Crippen LogP contribution in [0.2, 0.25) is 0 Å². The van der Waals surface area contributed by atoms with Crippen molar-refractivity contribution in [3.63, 3.8) is 0 Å². The van der Waals surface area contributed by atoms with E-state index in [2.05, 4.69) is 56.2 Å². The molecule has 0 aromatic rings. The Labute approximate surface area is 166 Å². The summed E-state index contributed by atoms with van der Waals surface area (Å²) >= 11 is 0. The smallest absolute Gasteiger partial charge is 0.00188 e. The fraction of sp³-hybridized carbons (Fsp3) is 0.957. The molecule has 0 bridgehead atoms. The minimum absolute atomic E-state index is 0.271. The van der Waals surface area contributed by atoms with Crippen LogP contribution in [-0.2, 0) is 0 Å². The number of hydrogen-bond donors (Lipinski definition) is 0. The van der Waals surface area contributed by atoms with Gasteiger partial charge in [-0.25, -0.2) is 0 Å². The van der Waals surface area contributed by atoms with E-state index < -0.39 is 0 Å². The summed E-state index contributed by atoms with van der Waals surface area (Å²) in [5.41, 5.74) is 0.271. The molecule has 26 heavy (non-hydrogen) atoms. The molecule has 0 aliphatic carbocycles. The summed E-state index contributed by atoms with van der Waals surface area (Å²) in [7, 11) is 0. The zero-order valence-corrected chi connectivity index (χ0v) is 19.2. The van der Waals surface area contributed by atoms with Crippen molar-refractivity contribution in [2.24, 2.45) is 5.41 Å². The molecule has 0 atom stereocenters. The molecule has 0 rings (SSSR count). The van der Waals surface area contributed by atoms with Crippen molar-refractivity contribution in [3.8, 4) is 0 Å². The van der Waals surface area contributed by atoms with Crippen LogP contribution in [0.4, 0.5) is 0 Å². The fourth-order valence-corrected chi connectivity index (χ4v) is 4.03. The van der Waals surface area contributed by atoms with Gasteiger partial charge in [0.2, 0.25) is 0 Å². The van der Waals surface area contributed by atoms with E-state index in [0.29, 0.717) is 0 Å². The van der Waals surface area contributed by atoms with Crippen LogP contribution in [0, 0.1) is 12.3 Å². The average Bonchev–Trinajstić information content (AvgIpc) is 2.66. The molecule has 0 amide bonds. The molecule has 0 saturated carbocycles. The molecule has 0 aliphatic rings. The molecule has 157 valence electrons. The Bertz CT molecular complexity index is 248. The first kappa shape index (κ1) is 25.9. The van der Waals surface area contributed by atoms with Gasteiger partial charge in [0.05, 0.1) is 0 Å². The standard InChI is InChI=1S/C23H50N3/c1-8-24(9-2)20-14-17-23(7,18-15-21-25(10-3)11-4)19-16-22-26(12-5)13-6/h7-22H2,1-6H3. The lowest BCUT2D eigenvalue weighted by Gasteiger charge is -2.32. The first-order valence-electron chi connectivity index (χ1n) is 11.5. The second kappa shape index (κ2) is 15.9. The van der Waals surface area contributed by atoms with Gasteiger partial charge in [-0.3, -0.25) is 0 Å². The third-order valence-corrected chi connectivity index (χ3v) is 6.23. The van der Waals surface area contributed by atoms with Crippen LogP contribution < -0.4 is 0 Å². The molecule has 1 radical (unpaired) electrons. The molecule has 0 aliphatic heterocycles. The van der Waals surface area contributed by atoms with E-state index in [9.17, 15) is 0 Å². The minimum atomic E-state index is 0.271. The highest BCUT2D eigenvalue weighted by molar-refractivity contribution is 4.83. The summed E-state index contributed by atoms with van der Waals surface area (Å²) in [6, 6.07) is 0. The third kappa shape index (κ3) is 11.6. The monoisotopic (exact) mass is 368 g/mol. The van der Waals surface area contributed by atoms with Crippen molar-refractivity contribution in [2.45, 2.75) is 80.1 Å². The lowest BCUT2D eigenvalue weighted by atomic mass is 9.77. The molecule has 0 N–H and O–H groups in total. The normalized spacial score (nSPS) is 12.7. The zero-order valence-electron chi connectivity index (χ0n) is 19.2. The summed E-state index contributed by atoms with van der Waals surface area (Å²) in [4.78, 5) is 7.64. The SMILES string of the molecule is [CH2]C(CCCN(CC)CC)(CCCN(CC)CC)CCCN(CC)CC. The van der Waals surface area contributed by atoms with Crippen LogP contribution in [0.3, 0.4) is 0 Å². The lowest BCUT2D eigenvalue weighted by Crippen LogP contribution is -2.29. The van der Waals surface area contributed by atoms with Gasteiger partial charge in [0.25, 0.3) is 0 Å². The van der Waals surface area contributed by atoms with E-state index in [1.54, 1.807) is 0 Å². The maximum atomic E-state index is 4.76. The van der Waals surface area contributed by atoms with Gasteiger partial charge in [-0.15, -0.1) is 0 Å². The summed E-state index contributed by atoms with van der Waals surface area (Å²) in [5, 5.41) is 0. The van der Waals surface area contributed by atoms with E-state index >= 15 is 0 Å². The van der Waals surface area contributed by atoms with Crippen LogP contribution >= 0.6 is 0 Å². The Hall–Kier alpha value is -0.120. The minimum Gasteiger partial charge on any atom is -0.304 e. The highest BCUT2D eigenvalue weighted by Crippen LogP contribution is 2.34. The molecule has 0 aromatic carbocycles. The van der Waals surface area contributed by atoms with Gasteiger partial charge < -0.3 is 14.7 Å². The van der Waals surface area contributed by atoms with Gasteiger partial charge in [-0.05, 0) is 110 Å². The van der Waals surface area contributed by atoms with E-state index in [4.69, 9.17) is 6.92 Å². The lowest BCUT2D eigenvalue weighted by molar-refractivity contribution is 0.205. The van der Waals surface area contributed by atoms with Crippen molar-refractivity contribution in [1.29, 1.82) is 0 Å². The summed E-state index contributed by atoms with van der Waals surface area (Å²) in [6.45, 7) is 29.1. The van der Waals surface area contributed by atoms with Gasteiger partial charge in [-0.2, -0.15) is 0 Å². The van der Waals surface area contributed by atoms with Crippen molar-refractivity contribution < 1.29 is 0 Å². The quantitative estimate of drug-likeness (QED) is 0.330. The van der Waals surface area contributed by atoms with Crippen molar-refractivity contribution in [2.75, 3.05) is 58.9 Å². The highest BCUT2D eigenvalue weighted by Gasteiger charge is 2.24. The molecule has 0 aromatic heterocycles. The van der Waals surface area contributed by atoms with Gasteiger partial charge >= 0.3 is 0 Å². The van der Waals surface area contributed by atoms with Crippen LogP contribution in [0.1, 0.15) is 80.1 Å². The fourth-order valence-electron chi connectivity index (χ4n) is 4.03. The molecule has 3 nitrogen and oxygen atoms in total. The second-order valence-electron chi connectivity index (χ2n) is 7.89. The van der Waals surface area contributed by atoms with Gasteiger partial charge in [0, 0.05) is 0 Å². The Morgan fingerprint density at radius 3 is 0.923 bits per heavy atom. The number of rotatable bonds is 18. The molecule has 0 spiro atoms. The van der Waals surface area contributed by atoms with Crippen LogP contribution in [0.25, 0.3) is 0 Å². The molecule has 3 heteroatoms. The van der Waals surface area contributed by atoms with Gasteiger partial charge in [0.1, 0.15) is 0 Å². The Kier molecular flexibility index (Phi) is 15.8. The maximum Gasteiger partial charge on any atom is -0.00188 e. The number of nitrogens with zero attached hydrogens (tertiary/aromatic N) is 3. The van der Waals surface area contributed by atoms with E-state index in [1.807, 2.05) is 0 Å². The van der Waals surface area contributed by atoms with Gasteiger partial charge in [-0.1, -0.05) is 41.5 Å². The predicted octanol–water partition coefficient (Wildman–Crippen LogP) is 5.17. The van der Waals surface area contributed by atoms with E-state index in [-0.39, 0.29) is 5.41 Å². The Balaban J connectivity index is 4.52. The first-order valence-corrected chi connectivity index (χ1v) is 11.5. The van der Waals surface area contributed by atoms with E-state index in [0.717, 1.165) is 0 Å². The van der Waals surface area contributed by atoms with Crippen molar-refractivity contribution >= 4 is 0 Å². The topological polar surface area (TPSA) is 9.72 Å². The summed E-state index contributed by atoms with van der Waals surface area (Å²) < 4.78 is 0. The number of hydrogen-bond acceptors (Lipinski definition) is 3. The zero-order chi connectivity index (χ0) is 19.8. The van der Waals surface area contributed by atoms with Crippen molar-refractivity contribution in [3.05, 3.63) is 6.92 Å². The first-order chi connectivity index (χ1) is 12.5. The molecule has 0 unspecified atom stereocenters. The molecular formula is C23H50N3. The predicted molar refractivity (Wildman–Crippen MR) is 119 cm³/mol. The molecule has 0 heterocycles. The second-order valence-corrected chi connectivity index (χ2v) is 7.89. The van der Waals surface area contributed by atoms with Crippen LogP contribution in [-0.4, -0.2) is 73.6 Å². The molecular weight excluding hydrogens is 318 g/mol. The Morgan fingerprint density at radius 1 is 0.500 bits per heavy atom. The summed E-state index contributed by atoms with van der Waals surface area (Å²) in [6.07, 6.45) is 7.71. The average molecular weight is 369 g/mol. The largest absolute Gasteiger partial charge is 0.304 e. The van der Waals surface area contributed by atoms with Crippen LogP contribution in [0.15, 0.2) is 0 Å². The van der Waals surface area contributed by atoms with Crippen LogP contribution in [0.5, 0.6) is 0 Å². The summed E-state index contributed by atoms with van der Waals surface area (Å²) in [5.74, 6) is 0. The molecule has 0 fully saturated rings. The maximum absolute atomic E-state index is 4.76. The Morgan fingerprint density at radius 2 is 0.731 bits per heavy atom.